The molecule has 0 aliphatic heterocycles. The fourth-order valence-corrected chi connectivity index (χ4v) is 1.65. The lowest BCUT2D eigenvalue weighted by atomic mass is 10.2. The number of hydrogen-bond acceptors (Lipinski definition) is 5. The van der Waals surface area contributed by atoms with Crippen LogP contribution in [0.5, 0.6) is 0 Å². The van der Waals surface area contributed by atoms with Crippen LogP contribution in [0, 0.1) is 5.92 Å². The number of guanidine groups is 1. The maximum atomic E-state index is 11.5. The molecule has 3 N–H and O–H groups in total. The molecule has 0 aromatic carbocycles. The van der Waals surface area contributed by atoms with Crippen molar-refractivity contribution in [3.05, 3.63) is 0 Å². The summed E-state index contributed by atoms with van der Waals surface area (Å²) in [4.78, 5) is 27.2. The Bertz CT molecular complexity index is 425. The first-order chi connectivity index (χ1) is 11.2. The number of aliphatic imine (C=N–C) groups is 1. The Morgan fingerprint density at radius 2 is 1.72 bits per heavy atom. The molecule has 25 heavy (non-hydrogen) atoms. The monoisotopic (exact) mass is 472 g/mol. The van der Waals surface area contributed by atoms with Crippen molar-refractivity contribution in [2.24, 2.45) is 10.9 Å². The molecule has 0 fully saturated rings. The van der Waals surface area contributed by atoms with Crippen molar-refractivity contribution in [3.8, 4) is 0 Å². The number of nitrogens with zero attached hydrogens (tertiary/aromatic N) is 1. The van der Waals surface area contributed by atoms with E-state index in [1.165, 1.54) is 7.11 Å². The third-order valence-corrected chi connectivity index (χ3v) is 2.79. The van der Waals surface area contributed by atoms with Gasteiger partial charge in [0.15, 0.2) is 5.96 Å². The Hall–Kier alpha value is -1.26. The highest BCUT2D eigenvalue weighted by Gasteiger charge is 2.15. The number of carbonyl (C=O) groups is 2. The summed E-state index contributed by atoms with van der Waals surface area (Å²) in [7, 11) is 1.36. The van der Waals surface area contributed by atoms with E-state index < -0.39 is 11.7 Å². The summed E-state index contributed by atoms with van der Waals surface area (Å²) in [5, 5.41) is 8.95. The predicted molar refractivity (Wildman–Crippen MR) is 109 cm³/mol. The van der Waals surface area contributed by atoms with E-state index >= 15 is 0 Å². The summed E-state index contributed by atoms with van der Waals surface area (Å²) in [6.45, 7) is 11.4. The van der Waals surface area contributed by atoms with Crippen LogP contribution >= 0.6 is 24.0 Å². The molecule has 0 aromatic rings. The van der Waals surface area contributed by atoms with E-state index in [-0.39, 0.29) is 35.9 Å². The number of amides is 1. The second kappa shape index (κ2) is 14.0. The molecule has 0 spiro atoms. The molecule has 0 aliphatic carbocycles. The fourth-order valence-electron chi connectivity index (χ4n) is 1.65. The second-order valence-electron chi connectivity index (χ2n) is 6.35. The average molecular weight is 472 g/mol. The molecule has 9 heteroatoms. The number of hydrogen-bond donors (Lipinski definition) is 3. The molecule has 0 rings (SSSR count). The first-order valence-electron chi connectivity index (χ1n) is 8.26. The summed E-state index contributed by atoms with van der Waals surface area (Å²) in [5.74, 6) is 0.0565. The number of ether oxygens (including phenoxy) is 2. The zero-order valence-electron chi connectivity index (χ0n) is 16.1. The molecule has 0 aliphatic rings. The maximum absolute atomic E-state index is 11.5. The van der Waals surface area contributed by atoms with Crippen molar-refractivity contribution in [1.82, 2.24) is 16.0 Å². The first kappa shape index (κ1) is 26.0. The molecule has 1 atom stereocenters. The number of carbonyl (C=O) groups excluding carboxylic acids is 2. The van der Waals surface area contributed by atoms with Crippen LogP contribution in [0.1, 0.15) is 41.0 Å². The van der Waals surface area contributed by atoms with Crippen LogP contribution in [0.25, 0.3) is 0 Å². The smallest absolute Gasteiger partial charge is 0.407 e. The standard InChI is InChI=1S/C16H32N4O4.HI/c1-7-17-14(20-11-12(2)13(21)23-6)18-9-8-10-19-15(22)24-16(3,4)5;/h12H,7-11H2,1-6H3,(H,19,22)(H2,17,18,20);1H. The second-order valence-corrected chi connectivity index (χ2v) is 6.35. The number of halogens is 1. The summed E-state index contributed by atoms with van der Waals surface area (Å²) in [5.41, 5.74) is -0.496. The van der Waals surface area contributed by atoms with Gasteiger partial charge < -0.3 is 25.4 Å². The highest BCUT2D eigenvalue weighted by Crippen LogP contribution is 2.06. The topological polar surface area (TPSA) is 101 Å². The summed E-state index contributed by atoms with van der Waals surface area (Å²) < 4.78 is 9.82. The van der Waals surface area contributed by atoms with Gasteiger partial charge in [-0.2, -0.15) is 0 Å². The summed E-state index contributed by atoms with van der Waals surface area (Å²) in [6.07, 6.45) is 0.297. The third-order valence-electron chi connectivity index (χ3n) is 2.79. The van der Waals surface area contributed by atoms with Gasteiger partial charge in [0.2, 0.25) is 0 Å². The largest absolute Gasteiger partial charge is 0.469 e. The van der Waals surface area contributed by atoms with Gasteiger partial charge in [0.05, 0.1) is 19.6 Å². The minimum absolute atomic E-state index is 0. The van der Waals surface area contributed by atoms with Gasteiger partial charge in [0.25, 0.3) is 0 Å². The van der Waals surface area contributed by atoms with Crippen LogP contribution < -0.4 is 16.0 Å². The van der Waals surface area contributed by atoms with Gasteiger partial charge in [-0.3, -0.25) is 9.79 Å². The van der Waals surface area contributed by atoms with Gasteiger partial charge in [0, 0.05) is 19.6 Å². The normalized spacial score (nSPS) is 12.5. The molecule has 0 saturated heterocycles. The lowest BCUT2D eigenvalue weighted by Crippen LogP contribution is -2.39. The van der Waals surface area contributed by atoms with Crippen LogP contribution in [0.3, 0.4) is 0 Å². The summed E-state index contributed by atoms with van der Waals surface area (Å²) >= 11 is 0. The fraction of sp³-hybridized carbons (Fsp3) is 0.812. The van der Waals surface area contributed by atoms with Crippen molar-refractivity contribution in [2.45, 2.75) is 46.6 Å². The molecule has 1 amide bonds. The van der Waals surface area contributed by atoms with Crippen LogP contribution in [0.2, 0.25) is 0 Å². The minimum atomic E-state index is -0.496. The van der Waals surface area contributed by atoms with E-state index in [1.807, 2.05) is 27.7 Å². The van der Waals surface area contributed by atoms with Gasteiger partial charge in [0.1, 0.15) is 5.60 Å². The molecule has 0 radical (unpaired) electrons. The van der Waals surface area contributed by atoms with Crippen LogP contribution in [0.4, 0.5) is 4.79 Å². The Kier molecular flexibility index (Phi) is 14.5. The van der Waals surface area contributed by atoms with Crippen molar-refractivity contribution >= 4 is 42.0 Å². The lowest BCUT2D eigenvalue weighted by molar-refractivity contribution is -0.144. The van der Waals surface area contributed by atoms with Gasteiger partial charge in [-0.1, -0.05) is 6.92 Å². The van der Waals surface area contributed by atoms with Gasteiger partial charge in [-0.05, 0) is 34.1 Å². The number of esters is 1. The van der Waals surface area contributed by atoms with Crippen LogP contribution in [0.15, 0.2) is 4.99 Å². The van der Waals surface area contributed by atoms with E-state index in [9.17, 15) is 9.59 Å². The van der Waals surface area contributed by atoms with Crippen LogP contribution in [-0.2, 0) is 14.3 Å². The third kappa shape index (κ3) is 14.8. The highest BCUT2D eigenvalue weighted by molar-refractivity contribution is 14.0. The quantitative estimate of drug-likeness (QED) is 0.164. The number of methoxy groups -OCH3 is 1. The molecule has 0 bridgehead atoms. The van der Waals surface area contributed by atoms with E-state index in [4.69, 9.17) is 4.74 Å². The Labute approximate surface area is 167 Å². The SMILES string of the molecule is CCNC(=NCC(C)C(=O)OC)NCCCNC(=O)OC(C)(C)C.I. The molecule has 0 saturated carbocycles. The minimum Gasteiger partial charge on any atom is -0.469 e. The van der Waals surface area contributed by atoms with E-state index in [2.05, 4.69) is 25.7 Å². The van der Waals surface area contributed by atoms with Gasteiger partial charge in [-0.15, -0.1) is 24.0 Å². The van der Waals surface area contributed by atoms with Crippen LogP contribution in [-0.4, -0.2) is 56.9 Å². The highest BCUT2D eigenvalue weighted by atomic mass is 127. The Morgan fingerprint density at radius 3 is 2.24 bits per heavy atom. The first-order valence-corrected chi connectivity index (χ1v) is 8.26. The van der Waals surface area contributed by atoms with Crippen molar-refractivity contribution < 1.29 is 19.1 Å². The molecular formula is C16H33IN4O4. The van der Waals surface area contributed by atoms with Crippen molar-refractivity contribution in [2.75, 3.05) is 33.3 Å². The Morgan fingerprint density at radius 1 is 1.12 bits per heavy atom. The number of rotatable bonds is 8. The molecule has 1 unspecified atom stereocenters. The van der Waals surface area contributed by atoms with Crippen molar-refractivity contribution in [3.63, 3.8) is 0 Å². The average Bonchev–Trinajstić information content (AvgIpc) is 2.49. The molecular weight excluding hydrogens is 439 g/mol. The molecule has 0 heterocycles. The van der Waals surface area contributed by atoms with E-state index in [0.29, 0.717) is 32.1 Å². The zero-order valence-corrected chi connectivity index (χ0v) is 18.4. The lowest BCUT2D eigenvalue weighted by Gasteiger charge is -2.19. The molecule has 8 nitrogen and oxygen atoms in total. The Balaban J connectivity index is 0. The number of alkyl carbamates (subject to hydrolysis) is 1. The van der Waals surface area contributed by atoms with E-state index in [1.54, 1.807) is 6.92 Å². The van der Waals surface area contributed by atoms with Gasteiger partial charge in [-0.25, -0.2) is 4.79 Å². The summed E-state index contributed by atoms with van der Waals surface area (Å²) in [6, 6.07) is 0. The van der Waals surface area contributed by atoms with Crippen molar-refractivity contribution in [1.29, 1.82) is 0 Å². The van der Waals surface area contributed by atoms with E-state index in [0.717, 1.165) is 6.42 Å². The molecule has 148 valence electrons. The maximum Gasteiger partial charge on any atom is 0.407 e. The zero-order chi connectivity index (χ0) is 18.6. The predicted octanol–water partition coefficient (Wildman–Crippen LogP) is 1.88. The van der Waals surface area contributed by atoms with Gasteiger partial charge >= 0.3 is 12.1 Å². The molecule has 0 aromatic heterocycles. The number of nitrogens with one attached hydrogen (secondary N) is 3.